The highest BCUT2D eigenvalue weighted by Crippen LogP contribution is 2.23. The number of hydrazone groups is 1. The van der Waals surface area contributed by atoms with Crippen molar-refractivity contribution in [3.8, 4) is 11.5 Å². The zero-order valence-corrected chi connectivity index (χ0v) is 14.7. The third-order valence-corrected chi connectivity index (χ3v) is 3.46. The number of ether oxygens (including phenoxy) is 2. The summed E-state index contributed by atoms with van der Waals surface area (Å²) in [5.74, 6) is 0.641. The summed E-state index contributed by atoms with van der Waals surface area (Å²) in [5.41, 5.74) is 3.75. The number of methoxy groups -OCH3 is 2. The number of nitrogens with one attached hydrogen (secondary N) is 2. The maximum absolute atomic E-state index is 12.0. The summed E-state index contributed by atoms with van der Waals surface area (Å²) in [6.45, 7) is 0. The number of rotatable bonds is 8. The van der Waals surface area contributed by atoms with Gasteiger partial charge in [0.25, 0.3) is 0 Å². The number of amides is 2. The van der Waals surface area contributed by atoms with Crippen LogP contribution < -0.4 is 20.2 Å². The zero-order chi connectivity index (χ0) is 18.8. The first-order valence-corrected chi connectivity index (χ1v) is 8.01. The molecule has 2 N–H and O–H groups in total. The molecule has 0 saturated carbocycles. The van der Waals surface area contributed by atoms with Crippen LogP contribution in [0.1, 0.15) is 18.4 Å². The van der Waals surface area contributed by atoms with Crippen LogP contribution in [0.5, 0.6) is 11.5 Å². The summed E-state index contributed by atoms with van der Waals surface area (Å²) < 4.78 is 10.3. The number of carbonyl (C=O) groups is 2. The van der Waals surface area contributed by atoms with Crippen molar-refractivity contribution in [2.24, 2.45) is 5.10 Å². The number of hydrogen-bond acceptors (Lipinski definition) is 5. The Kier molecular flexibility index (Phi) is 7.17. The van der Waals surface area contributed by atoms with E-state index in [9.17, 15) is 9.59 Å². The number of para-hydroxylation sites is 2. The maximum atomic E-state index is 12.0. The predicted molar refractivity (Wildman–Crippen MR) is 99.6 cm³/mol. The molecular formula is C19H21N3O4. The molecule has 7 nitrogen and oxygen atoms in total. The van der Waals surface area contributed by atoms with E-state index in [0.717, 1.165) is 5.56 Å². The fourth-order valence-electron chi connectivity index (χ4n) is 2.14. The van der Waals surface area contributed by atoms with Crippen LogP contribution in [-0.2, 0) is 9.59 Å². The second-order valence-electron chi connectivity index (χ2n) is 5.32. The monoisotopic (exact) mass is 355 g/mol. The van der Waals surface area contributed by atoms with Crippen molar-refractivity contribution >= 4 is 23.7 Å². The van der Waals surface area contributed by atoms with Gasteiger partial charge in [-0.2, -0.15) is 5.10 Å². The molecule has 0 aliphatic carbocycles. The molecule has 0 aromatic heterocycles. The third-order valence-electron chi connectivity index (χ3n) is 3.46. The minimum Gasteiger partial charge on any atom is -0.497 e. The lowest BCUT2D eigenvalue weighted by atomic mass is 10.2. The van der Waals surface area contributed by atoms with E-state index in [-0.39, 0.29) is 24.7 Å². The van der Waals surface area contributed by atoms with Gasteiger partial charge in [-0.25, -0.2) is 5.43 Å². The minimum atomic E-state index is -0.348. The highest BCUT2D eigenvalue weighted by molar-refractivity contribution is 5.94. The Morgan fingerprint density at radius 2 is 1.77 bits per heavy atom. The fourth-order valence-corrected chi connectivity index (χ4v) is 2.14. The molecule has 0 fully saturated rings. The molecule has 0 spiro atoms. The first-order valence-electron chi connectivity index (χ1n) is 8.01. The number of benzene rings is 2. The molecule has 2 aromatic rings. The van der Waals surface area contributed by atoms with Crippen LogP contribution in [-0.4, -0.2) is 32.2 Å². The van der Waals surface area contributed by atoms with Gasteiger partial charge in [0.1, 0.15) is 11.5 Å². The molecule has 0 aliphatic heterocycles. The van der Waals surface area contributed by atoms with Crippen molar-refractivity contribution in [3.05, 3.63) is 54.1 Å². The molecule has 0 atom stereocenters. The van der Waals surface area contributed by atoms with Gasteiger partial charge < -0.3 is 14.8 Å². The number of anilines is 1. The van der Waals surface area contributed by atoms with Crippen LogP contribution >= 0.6 is 0 Å². The Hall–Kier alpha value is -3.35. The van der Waals surface area contributed by atoms with Crippen LogP contribution in [0.25, 0.3) is 0 Å². The lowest BCUT2D eigenvalue weighted by Crippen LogP contribution is -2.20. The summed E-state index contributed by atoms with van der Waals surface area (Å²) in [7, 11) is 3.10. The highest BCUT2D eigenvalue weighted by atomic mass is 16.5. The Morgan fingerprint density at radius 1 is 1.00 bits per heavy atom. The zero-order valence-electron chi connectivity index (χ0n) is 14.7. The summed E-state index contributed by atoms with van der Waals surface area (Å²) in [6, 6.07) is 14.3. The molecule has 2 rings (SSSR count). The summed E-state index contributed by atoms with van der Waals surface area (Å²) in [4.78, 5) is 23.7. The molecule has 0 bridgehead atoms. The first kappa shape index (κ1) is 19.0. The molecule has 136 valence electrons. The van der Waals surface area contributed by atoms with Crippen molar-refractivity contribution in [2.45, 2.75) is 12.8 Å². The highest BCUT2D eigenvalue weighted by Gasteiger charge is 2.09. The van der Waals surface area contributed by atoms with E-state index in [1.165, 1.54) is 13.3 Å². The lowest BCUT2D eigenvalue weighted by molar-refractivity contribution is -0.124. The number of carbonyl (C=O) groups excluding carboxylic acids is 2. The quantitative estimate of drug-likeness (QED) is 0.563. The average molecular weight is 355 g/mol. The van der Waals surface area contributed by atoms with Gasteiger partial charge in [-0.15, -0.1) is 0 Å². The Labute approximate surface area is 152 Å². The number of hydrogen-bond donors (Lipinski definition) is 2. The summed E-state index contributed by atoms with van der Waals surface area (Å²) >= 11 is 0. The fraction of sp³-hybridized carbons (Fsp3) is 0.211. The van der Waals surface area contributed by atoms with Gasteiger partial charge >= 0.3 is 0 Å². The van der Waals surface area contributed by atoms with E-state index in [1.807, 2.05) is 24.3 Å². The Balaban J connectivity index is 1.77. The van der Waals surface area contributed by atoms with Gasteiger partial charge in [0.05, 0.1) is 26.1 Å². The number of nitrogens with zero attached hydrogens (tertiary/aromatic N) is 1. The molecule has 7 heteroatoms. The van der Waals surface area contributed by atoms with Crippen molar-refractivity contribution in [3.63, 3.8) is 0 Å². The Bertz CT molecular complexity index is 790. The van der Waals surface area contributed by atoms with Crippen LogP contribution in [0.4, 0.5) is 5.69 Å². The van der Waals surface area contributed by atoms with E-state index >= 15 is 0 Å². The molecule has 0 unspecified atom stereocenters. The third kappa shape index (κ3) is 5.94. The summed E-state index contributed by atoms with van der Waals surface area (Å²) in [5, 5.41) is 6.59. The first-order chi connectivity index (χ1) is 12.6. The topological polar surface area (TPSA) is 89.0 Å². The van der Waals surface area contributed by atoms with Crippen LogP contribution in [0.15, 0.2) is 53.6 Å². The summed E-state index contributed by atoms with van der Waals surface area (Å²) in [6.07, 6.45) is 1.57. The van der Waals surface area contributed by atoms with E-state index in [1.54, 1.807) is 31.4 Å². The van der Waals surface area contributed by atoms with Crippen molar-refractivity contribution in [1.29, 1.82) is 0 Å². The van der Waals surface area contributed by atoms with Crippen LogP contribution in [0, 0.1) is 0 Å². The SMILES string of the molecule is COc1cccc(C=NNC(=O)CCC(=O)Nc2ccccc2OC)c1. The van der Waals surface area contributed by atoms with Crippen molar-refractivity contribution < 1.29 is 19.1 Å². The van der Waals surface area contributed by atoms with E-state index in [4.69, 9.17) is 9.47 Å². The molecule has 0 saturated heterocycles. The Morgan fingerprint density at radius 3 is 2.54 bits per heavy atom. The van der Waals surface area contributed by atoms with E-state index in [2.05, 4.69) is 15.8 Å². The van der Waals surface area contributed by atoms with Crippen LogP contribution in [0.2, 0.25) is 0 Å². The molecule has 2 amide bonds. The minimum absolute atomic E-state index is 0.0242. The molecule has 26 heavy (non-hydrogen) atoms. The molecule has 2 aromatic carbocycles. The largest absolute Gasteiger partial charge is 0.497 e. The van der Waals surface area contributed by atoms with Gasteiger partial charge in [-0.05, 0) is 29.8 Å². The smallest absolute Gasteiger partial charge is 0.240 e. The van der Waals surface area contributed by atoms with E-state index in [0.29, 0.717) is 17.2 Å². The molecule has 0 radical (unpaired) electrons. The van der Waals surface area contributed by atoms with Crippen molar-refractivity contribution in [1.82, 2.24) is 5.43 Å². The standard InChI is InChI=1S/C19H21N3O4/c1-25-15-7-5-6-14(12-15)13-20-22-19(24)11-10-18(23)21-16-8-3-4-9-17(16)26-2/h3-9,12-13H,10-11H2,1-2H3,(H,21,23)(H,22,24). The van der Waals surface area contributed by atoms with Gasteiger partial charge in [-0.3, -0.25) is 9.59 Å². The van der Waals surface area contributed by atoms with Gasteiger partial charge in [0.2, 0.25) is 11.8 Å². The van der Waals surface area contributed by atoms with Gasteiger partial charge in [-0.1, -0.05) is 24.3 Å². The second-order valence-corrected chi connectivity index (χ2v) is 5.32. The maximum Gasteiger partial charge on any atom is 0.240 e. The normalized spacial score (nSPS) is 10.4. The van der Waals surface area contributed by atoms with Crippen LogP contribution in [0.3, 0.4) is 0 Å². The second kappa shape index (κ2) is 9.83. The van der Waals surface area contributed by atoms with Gasteiger partial charge in [0.15, 0.2) is 0 Å². The van der Waals surface area contributed by atoms with Crippen molar-refractivity contribution in [2.75, 3.05) is 19.5 Å². The predicted octanol–water partition coefficient (Wildman–Crippen LogP) is 2.57. The molecule has 0 aliphatic rings. The molecular weight excluding hydrogens is 334 g/mol. The molecule has 0 heterocycles. The van der Waals surface area contributed by atoms with E-state index < -0.39 is 0 Å². The van der Waals surface area contributed by atoms with Gasteiger partial charge in [0, 0.05) is 12.8 Å². The lowest BCUT2D eigenvalue weighted by Gasteiger charge is -2.09. The average Bonchev–Trinajstić information content (AvgIpc) is 2.67.